The first kappa shape index (κ1) is 9.05. The zero-order valence-electron chi connectivity index (χ0n) is 7.32. The maximum atomic E-state index is 2.21. The van der Waals surface area contributed by atoms with E-state index >= 15 is 0 Å². The van der Waals surface area contributed by atoms with E-state index in [-0.39, 0.29) is 0 Å². The molecule has 12 heavy (non-hydrogen) atoms. The summed E-state index contributed by atoms with van der Waals surface area (Å²) in [6.07, 6.45) is 22.5. The molecule has 0 heteroatoms. The van der Waals surface area contributed by atoms with Gasteiger partial charge in [0.25, 0.3) is 0 Å². The smallest absolute Gasteiger partial charge is 0.0166 e. The third kappa shape index (κ3) is 4.73. The van der Waals surface area contributed by atoms with Crippen molar-refractivity contribution < 1.29 is 0 Å². The van der Waals surface area contributed by atoms with Crippen LogP contribution in [0.1, 0.15) is 19.3 Å². The lowest BCUT2D eigenvalue weighted by atomic mass is 10.2. The van der Waals surface area contributed by atoms with Crippen molar-refractivity contribution in [1.82, 2.24) is 0 Å². The van der Waals surface area contributed by atoms with Crippen LogP contribution in [0.3, 0.4) is 0 Å². The largest absolute Gasteiger partial charge is 0.0845 e. The molecule has 1 radical (unpaired) electrons. The van der Waals surface area contributed by atoms with Crippen LogP contribution < -0.4 is 0 Å². The number of allylic oxidation sites excluding steroid dienone is 8. The molecule has 1 aliphatic rings. The lowest BCUT2D eigenvalue weighted by Crippen LogP contribution is -1.71. The van der Waals surface area contributed by atoms with E-state index in [0.29, 0.717) is 0 Å². The van der Waals surface area contributed by atoms with E-state index in [1.165, 1.54) is 0 Å². The summed E-state index contributed by atoms with van der Waals surface area (Å²) in [6.45, 7) is 0. The van der Waals surface area contributed by atoms with Gasteiger partial charge in [-0.1, -0.05) is 48.6 Å². The third-order valence-electron chi connectivity index (χ3n) is 1.65. The zero-order valence-corrected chi connectivity index (χ0v) is 7.32. The minimum atomic E-state index is 1.03. The van der Waals surface area contributed by atoms with Gasteiger partial charge in [0.1, 0.15) is 0 Å². The summed E-state index contributed by atoms with van der Waals surface area (Å²) in [7, 11) is 0. The molecule has 0 nitrogen and oxygen atoms in total. The Bertz CT molecular complexity index is 204. The van der Waals surface area contributed by atoms with Crippen molar-refractivity contribution in [3.05, 3.63) is 55.0 Å². The van der Waals surface area contributed by atoms with Crippen LogP contribution in [0.25, 0.3) is 0 Å². The summed E-state index contributed by atoms with van der Waals surface area (Å²) in [5.41, 5.74) is 0. The van der Waals surface area contributed by atoms with Gasteiger partial charge in [-0.3, -0.25) is 0 Å². The van der Waals surface area contributed by atoms with E-state index in [1.54, 1.807) is 0 Å². The van der Waals surface area contributed by atoms with E-state index in [1.807, 2.05) is 0 Å². The molecule has 0 amide bonds. The Hall–Kier alpha value is -1.04. The second kappa shape index (κ2) is 6.66. The summed E-state index contributed by atoms with van der Waals surface area (Å²) >= 11 is 0. The van der Waals surface area contributed by atoms with Gasteiger partial charge in [-0.25, -0.2) is 0 Å². The predicted octanol–water partition coefficient (Wildman–Crippen LogP) is 3.60. The molecule has 0 saturated heterocycles. The molecule has 1 aliphatic carbocycles. The first-order valence-electron chi connectivity index (χ1n) is 4.47. The van der Waals surface area contributed by atoms with Crippen molar-refractivity contribution >= 4 is 0 Å². The Kier molecular flexibility index (Phi) is 5.02. The van der Waals surface area contributed by atoms with Crippen LogP contribution in [0.15, 0.2) is 48.6 Å². The van der Waals surface area contributed by atoms with E-state index in [9.17, 15) is 0 Å². The van der Waals surface area contributed by atoms with Crippen molar-refractivity contribution in [3.8, 4) is 0 Å². The quantitative estimate of drug-likeness (QED) is 0.506. The van der Waals surface area contributed by atoms with Crippen LogP contribution in [0.4, 0.5) is 0 Å². The summed E-state index contributed by atoms with van der Waals surface area (Å²) in [6, 6.07) is 0. The van der Waals surface area contributed by atoms with Gasteiger partial charge in [-0.05, 0) is 25.7 Å². The number of hydrogen-bond donors (Lipinski definition) is 0. The van der Waals surface area contributed by atoms with Crippen LogP contribution in [-0.2, 0) is 0 Å². The molecule has 0 saturated carbocycles. The number of hydrogen-bond acceptors (Lipinski definition) is 0. The second-order valence-electron chi connectivity index (χ2n) is 2.72. The zero-order chi connectivity index (χ0) is 8.49. The Balaban J connectivity index is 2.42. The molecule has 0 aromatic carbocycles. The van der Waals surface area contributed by atoms with Gasteiger partial charge in [0.15, 0.2) is 0 Å². The lowest BCUT2D eigenvalue weighted by molar-refractivity contribution is 1.00. The van der Waals surface area contributed by atoms with Crippen LogP contribution in [0, 0.1) is 6.42 Å². The minimum absolute atomic E-state index is 1.03. The van der Waals surface area contributed by atoms with Gasteiger partial charge in [0.05, 0.1) is 0 Å². The molecule has 0 aromatic heterocycles. The molecule has 0 aliphatic heterocycles. The summed E-state index contributed by atoms with van der Waals surface area (Å²) < 4.78 is 0. The third-order valence-corrected chi connectivity index (χ3v) is 1.65. The van der Waals surface area contributed by atoms with Gasteiger partial charge in [0.2, 0.25) is 0 Å². The SMILES string of the molecule is [CH]1/C=C\C\C=C/C=C/C=C\CC1. The highest BCUT2D eigenvalue weighted by atomic mass is 13.9. The standard InChI is InChI=1S/C12H15/c1-2-4-6-8-10-12-11-9-7-5-3-1/h1-6,9,11-12H,7-8,10H2/b2-1+,5-3-,6-4-,11-9-. The fourth-order valence-electron chi connectivity index (χ4n) is 1.00. The maximum absolute atomic E-state index is 2.21. The molecule has 0 heterocycles. The van der Waals surface area contributed by atoms with E-state index in [4.69, 9.17) is 0 Å². The van der Waals surface area contributed by atoms with Crippen molar-refractivity contribution in [2.45, 2.75) is 19.3 Å². The summed E-state index contributed by atoms with van der Waals surface area (Å²) in [5, 5.41) is 0. The fraction of sp³-hybridized carbons (Fsp3) is 0.250. The molecule has 0 atom stereocenters. The molecular formula is C12H15. The van der Waals surface area contributed by atoms with E-state index in [0.717, 1.165) is 19.3 Å². The average Bonchev–Trinajstić information content (AvgIpc) is 2.05. The highest BCUT2D eigenvalue weighted by molar-refractivity contribution is 5.13. The molecule has 0 unspecified atom stereocenters. The molecule has 0 aromatic rings. The Morgan fingerprint density at radius 1 is 0.583 bits per heavy atom. The maximum Gasteiger partial charge on any atom is -0.0166 e. The highest BCUT2D eigenvalue weighted by Gasteiger charge is 1.80. The van der Waals surface area contributed by atoms with Gasteiger partial charge in [-0.15, -0.1) is 0 Å². The summed E-state index contributed by atoms with van der Waals surface area (Å²) in [4.78, 5) is 0. The lowest BCUT2D eigenvalue weighted by Gasteiger charge is -1.89. The topological polar surface area (TPSA) is 0 Å². The van der Waals surface area contributed by atoms with Crippen LogP contribution in [-0.4, -0.2) is 0 Å². The highest BCUT2D eigenvalue weighted by Crippen LogP contribution is 1.99. The van der Waals surface area contributed by atoms with Crippen molar-refractivity contribution in [2.24, 2.45) is 0 Å². The molecule has 0 N–H and O–H groups in total. The summed E-state index contributed by atoms with van der Waals surface area (Å²) in [5.74, 6) is 0. The Labute approximate surface area is 75.0 Å². The van der Waals surface area contributed by atoms with Crippen molar-refractivity contribution in [1.29, 1.82) is 0 Å². The fourth-order valence-corrected chi connectivity index (χ4v) is 1.00. The average molecular weight is 159 g/mol. The Morgan fingerprint density at radius 2 is 1.33 bits per heavy atom. The van der Waals surface area contributed by atoms with Gasteiger partial charge in [0, 0.05) is 0 Å². The van der Waals surface area contributed by atoms with Crippen LogP contribution in [0.5, 0.6) is 0 Å². The van der Waals surface area contributed by atoms with Crippen LogP contribution >= 0.6 is 0 Å². The molecule has 1 rings (SSSR count). The molecule has 0 fully saturated rings. The molecule has 0 spiro atoms. The van der Waals surface area contributed by atoms with Crippen molar-refractivity contribution in [2.75, 3.05) is 0 Å². The van der Waals surface area contributed by atoms with Crippen LogP contribution in [0.2, 0.25) is 0 Å². The monoisotopic (exact) mass is 159 g/mol. The first-order chi connectivity index (χ1) is 6.00. The normalized spacial score (nSPS) is 29.3. The Morgan fingerprint density at radius 3 is 2.25 bits per heavy atom. The van der Waals surface area contributed by atoms with Gasteiger partial charge >= 0.3 is 0 Å². The molecular weight excluding hydrogens is 144 g/mol. The number of rotatable bonds is 0. The first-order valence-corrected chi connectivity index (χ1v) is 4.47. The van der Waals surface area contributed by atoms with Gasteiger partial charge < -0.3 is 0 Å². The van der Waals surface area contributed by atoms with Gasteiger partial charge in [-0.2, -0.15) is 0 Å². The molecule has 63 valence electrons. The van der Waals surface area contributed by atoms with E-state index < -0.39 is 0 Å². The minimum Gasteiger partial charge on any atom is -0.0845 e. The van der Waals surface area contributed by atoms with Crippen molar-refractivity contribution in [3.63, 3.8) is 0 Å². The predicted molar refractivity (Wildman–Crippen MR) is 54.7 cm³/mol. The van der Waals surface area contributed by atoms with E-state index in [2.05, 4.69) is 55.0 Å². The molecule has 0 bridgehead atoms. The second-order valence-corrected chi connectivity index (χ2v) is 2.72.